The van der Waals surface area contributed by atoms with Crippen molar-refractivity contribution >= 4 is 47.1 Å². The molecule has 0 saturated carbocycles. The van der Waals surface area contributed by atoms with Crippen LogP contribution in [0, 0.1) is 17.8 Å². The number of rotatable bonds is 16. The summed E-state index contributed by atoms with van der Waals surface area (Å²) in [4.78, 5) is 91.1. The minimum absolute atomic E-state index is 0.105. The highest BCUT2D eigenvalue weighted by molar-refractivity contribution is 5.97. The highest BCUT2D eigenvalue weighted by Gasteiger charge is 2.37. The maximum atomic E-state index is 13.4. The first-order valence-electron chi connectivity index (χ1n) is 17.2. The van der Waals surface area contributed by atoms with E-state index < -0.39 is 67.3 Å². The zero-order valence-electron chi connectivity index (χ0n) is 29.2. The van der Waals surface area contributed by atoms with Crippen LogP contribution in [0.5, 0.6) is 0 Å². The molecule has 1 fully saturated rings. The fourth-order valence-electron chi connectivity index (χ4n) is 5.83. The summed E-state index contributed by atoms with van der Waals surface area (Å²) in [6, 6.07) is 13.1. The number of carboxylic acids is 1. The summed E-state index contributed by atoms with van der Waals surface area (Å²) < 4.78 is 4.86. The number of para-hydroxylation sites is 1. The monoisotopic (exact) mass is 716 g/mol. The largest absolute Gasteiger partial charge is 0.480 e. The molecule has 6 amide bonds. The minimum atomic E-state index is -1.19. The number of hydrogen-bond acceptors (Lipinski definition) is 8. The second-order valence-corrected chi connectivity index (χ2v) is 12.5. The van der Waals surface area contributed by atoms with E-state index in [0.29, 0.717) is 30.5 Å². The van der Waals surface area contributed by atoms with Crippen LogP contribution in [0.2, 0.25) is 0 Å². The van der Waals surface area contributed by atoms with Gasteiger partial charge in [-0.1, -0.05) is 62.4 Å². The van der Waals surface area contributed by atoms with Gasteiger partial charge in [0.05, 0.1) is 25.3 Å². The second kappa shape index (κ2) is 19.0. The van der Waals surface area contributed by atoms with Crippen LogP contribution in [-0.2, 0) is 44.8 Å². The Morgan fingerprint density at radius 1 is 0.885 bits per heavy atom. The van der Waals surface area contributed by atoms with Crippen LogP contribution in [0.25, 0.3) is 0 Å². The number of amides is 6. The highest BCUT2D eigenvalue weighted by atomic mass is 16.5. The summed E-state index contributed by atoms with van der Waals surface area (Å²) in [5.41, 5.74) is 3.05. The molecule has 2 aliphatic heterocycles. The zero-order chi connectivity index (χ0) is 37.6. The number of carbonyl (C=O) groups excluding carboxylic acids is 6. The summed E-state index contributed by atoms with van der Waals surface area (Å²) in [6.45, 7) is 2.42. The van der Waals surface area contributed by atoms with Gasteiger partial charge in [0, 0.05) is 30.5 Å². The zero-order valence-corrected chi connectivity index (χ0v) is 29.2. The number of benzene rings is 2. The molecule has 52 heavy (non-hydrogen) atoms. The Morgan fingerprint density at radius 3 is 2.33 bits per heavy atom. The molecule has 15 nitrogen and oxygen atoms in total. The molecule has 15 heteroatoms. The van der Waals surface area contributed by atoms with Gasteiger partial charge >= 0.3 is 5.97 Å². The molecule has 3 atom stereocenters. The van der Waals surface area contributed by atoms with Crippen molar-refractivity contribution in [2.45, 2.75) is 64.6 Å². The lowest BCUT2D eigenvalue weighted by Crippen LogP contribution is -2.56. The highest BCUT2D eigenvalue weighted by Crippen LogP contribution is 2.26. The molecule has 1 unspecified atom stereocenters. The molecule has 2 heterocycles. The van der Waals surface area contributed by atoms with Crippen molar-refractivity contribution in [1.29, 1.82) is 0 Å². The molecule has 0 bridgehead atoms. The molecular weight excluding hydrogens is 672 g/mol. The molecule has 0 spiro atoms. The van der Waals surface area contributed by atoms with Gasteiger partial charge in [-0.15, -0.1) is 0 Å². The lowest BCUT2D eigenvalue weighted by atomic mass is 9.97. The first-order chi connectivity index (χ1) is 25.0. The van der Waals surface area contributed by atoms with Crippen molar-refractivity contribution in [3.8, 4) is 11.8 Å². The predicted octanol–water partition coefficient (Wildman–Crippen LogP) is 0.642. The molecule has 2 aromatic rings. The van der Waals surface area contributed by atoms with Gasteiger partial charge in [0.25, 0.3) is 0 Å². The first kappa shape index (κ1) is 39.0. The third-order valence-electron chi connectivity index (χ3n) is 8.87. The standard InChI is InChI=1S/C37H44N6O9/c1-3-24(2)35(37(51)40-23-52-22-34(48)49)41-36(50)29-13-8-18-42(29)33(47)20-39-31(45)19-38-30(44)16-17-32(46)43-21-27-11-5-4-9-25(27)14-15-26-10-6-7-12-28(26)43/h4-7,9-12,24,29,35H,3,8,13,16-23H2,1-2H3,(H,38,44)(H,39,45)(H,40,51)(H,41,50)(H,48,49)/t24?,29-,35-/m0/s1. The third kappa shape index (κ3) is 10.9. The number of hydrogen-bond donors (Lipinski definition) is 5. The maximum absolute atomic E-state index is 13.4. The van der Waals surface area contributed by atoms with E-state index in [1.54, 1.807) is 11.8 Å². The lowest BCUT2D eigenvalue weighted by Gasteiger charge is -2.28. The number of carbonyl (C=O) groups is 7. The Balaban J connectivity index is 1.22. The number of fused-ring (bicyclic) bond motifs is 2. The number of likely N-dealkylation sites (tertiary alicyclic amines) is 1. The second-order valence-electron chi connectivity index (χ2n) is 12.5. The molecule has 4 rings (SSSR count). The summed E-state index contributed by atoms with van der Waals surface area (Å²) in [6.07, 6.45) is 1.19. The fourth-order valence-corrected chi connectivity index (χ4v) is 5.83. The smallest absolute Gasteiger partial charge is 0.329 e. The van der Waals surface area contributed by atoms with E-state index in [0.717, 1.165) is 11.1 Å². The topological polar surface area (TPSA) is 204 Å². The molecule has 276 valence electrons. The number of nitrogens with one attached hydrogen (secondary N) is 4. The van der Waals surface area contributed by atoms with Crippen molar-refractivity contribution in [1.82, 2.24) is 26.2 Å². The van der Waals surface area contributed by atoms with Gasteiger partial charge in [0.15, 0.2) is 0 Å². The van der Waals surface area contributed by atoms with E-state index in [9.17, 15) is 33.6 Å². The van der Waals surface area contributed by atoms with Gasteiger partial charge < -0.3 is 40.9 Å². The van der Waals surface area contributed by atoms with Gasteiger partial charge in [0.2, 0.25) is 35.4 Å². The lowest BCUT2D eigenvalue weighted by molar-refractivity contribution is -0.144. The van der Waals surface area contributed by atoms with Crippen LogP contribution in [0.4, 0.5) is 5.69 Å². The molecule has 5 N–H and O–H groups in total. The number of nitrogens with zero attached hydrogens (tertiary/aromatic N) is 2. The van der Waals surface area contributed by atoms with Crippen LogP contribution in [-0.4, -0.2) is 96.5 Å². The minimum Gasteiger partial charge on any atom is -0.480 e. The SMILES string of the molecule is CCC(C)[C@H](NC(=O)[C@@H]1CCCN1C(=O)CNC(=O)CNC(=O)CCC(=O)N1Cc2ccccc2C#Cc2ccccc21)C(=O)NCOCC(=O)O. The Bertz CT molecular complexity index is 1730. The van der Waals surface area contributed by atoms with Gasteiger partial charge in [-0.25, -0.2) is 4.79 Å². The summed E-state index contributed by atoms with van der Waals surface area (Å²) >= 11 is 0. The quantitative estimate of drug-likeness (QED) is 0.0939. The van der Waals surface area contributed by atoms with Gasteiger partial charge in [-0.2, -0.15) is 0 Å². The normalized spacial score (nSPS) is 15.6. The Kier molecular flexibility index (Phi) is 14.3. The fraction of sp³-hybridized carbons (Fsp3) is 0.432. The first-order valence-corrected chi connectivity index (χ1v) is 17.2. The molecular formula is C37H44N6O9. The van der Waals surface area contributed by atoms with Crippen LogP contribution in [0.1, 0.15) is 62.6 Å². The summed E-state index contributed by atoms with van der Waals surface area (Å²) in [5.74, 6) is 1.83. The Morgan fingerprint density at radius 2 is 1.58 bits per heavy atom. The average molecular weight is 717 g/mol. The van der Waals surface area contributed by atoms with Crippen molar-refractivity contribution < 1.29 is 43.4 Å². The van der Waals surface area contributed by atoms with Crippen LogP contribution >= 0.6 is 0 Å². The van der Waals surface area contributed by atoms with E-state index in [-0.39, 0.29) is 44.5 Å². The molecule has 0 radical (unpaired) electrons. The summed E-state index contributed by atoms with van der Waals surface area (Å²) in [7, 11) is 0. The molecule has 0 aromatic heterocycles. The predicted molar refractivity (Wildman–Crippen MR) is 188 cm³/mol. The number of anilines is 1. The molecule has 2 aromatic carbocycles. The van der Waals surface area contributed by atoms with Gasteiger partial charge in [-0.3, -0.25) is 28.8 Å². The van der Waals surface area contributed by atoms with Gasteiger partial charge in [-0.05, 0) is 42.5 Å². The van der Waals surface area contributed by atoms with Crippen LogP contribution in [0.15, 0.2) is 48.5 Å². The van der Waals surface area contributed by atoms with E-state index in [1.165, 1.54) is 4.90 Å². The average Bonchev–Trinajstić information content (AvgIpc) is 3.63. The number of ether oxygens (including phenoxy) is 1. The molecule has 0 aliphatic carbocycles. The third-order valence-corrected chi connectivity index (χ3v) is 8.87. The molecule has 2 aliphatic rings. The Hall–Kier alpha value is -5.75. The number of aliphatic carboxylic acids is 1. The van der Waals surface area contributed by atoms with E-state index in [2.05, 4.69) is 33.1 Å². The maximum Gasteiger partial charge on any atom is 0.329 e. The van der Waals surface area contributed by atoms with E-state index in [1.807, 2.05) is 55.5 Å². The number of carboxylic acid groups (broad SMARTS) is 1. The molecule has 1 saturated heterocycles. The van der Waals surface area contributed by atoms with E-state index >= 15 is 0 Å². The van der Waals surface area contributed by atoms with Crippen molar-refractivity contribution in [3.63, 3.8) is 0 Å². The van der Waals surface area contributed by atoms with Crippen molar-refractivity contribution in [3.05, 3.63) is 65.2 Å². The van der Waals surface area contributed by atoms with E-state index in [4.69, 9.17) is 9.84 Å². The van der Waals surface area contributed by atoms with Crippen molar-refractivity contribution in [2.24, 2.45) is 5.92 Å². The van der Waals surface area contributed by atoms with Crippen molar-refractivity contribution in [2.75, 3.05) is 37.9 Å². The Labute approximate surface area is 301 Å². The van der Waals surface area contributed by atoms with Crippen LogP contribution in [0.3, 0.4) is 0 Å². The van der Waals surface area contributed by atoms with Crippen LogP contribution < -0.4 is 26.2 Å². The van der Waals surface area contributed by atoms with Gasteiger partial charge in [0.1, 0.15) is 25.4 Å². The summed E-state index contributed by atoms with van der Waals surface area (Å²) in [5, 5.41) is 18.8.